The van der Waals surface area contributed by atoms with Gasteiger partial charge >= 0.3 is 0 Å². The average molecular weight is 272 g/mol. The van der Waals surface area contributed by atoms with Gasteiger partial charge in [0.15, 0.2) is 0 Å². The standard InChI is InChI=1S/C15H20N4O/c1-2-3-8-17-15(20)11-19-10-12(9-18-19)13-6-4-5-7-14(13)16/h4-7,9-10H,2-3,8,11,16H2,1H3,(H,17,20). The Bertz CT molecular complexity index is 577. The fraction of sp³-hybridized carbons (Fsp3) is 0.333. The Hall–Kier alpha value is -2.30. The smallest absolute Gasteiger partial charge is 0.241 e. The molecule has 2 rings (SSSR count). The molecule has 1 aromatic carbocycles. The molecule has 5 heteroatoms. The van der Waals surface area contributed by atoms with Crippen LogP contribution in [0, 0.1) is 0 Å². The van der Waals surface area contributed by atoms with E-state index in [2.05, 4.69) is 17.3 Å². The predicted molar refractivity (Wildman–Crippen MR) is 80.0 cm³/mol. The van der Waals surface area contributed by atoms with E-state index in [1.54, 1.807) is 10.9 Å². The average Bonchev–Trinajstić information content (AvgIpc) is 2.88. The summed E-state index contributed by atoms with van der Waals surface area (Å²) in [4.78, 5) is 11.7. The van der Waals surface area contributed by atoms with Gasteiger partial charge in [-0.15, -0.1) is 0 Å². The molecule has 20 heavy (non-hydrogen) atoms. The maximum absolute atomic E-state index is 11.7. The van der Waals surface area contributed by atoms with E-state index in [4.69, 9.17) is 5.73 Å². The molecule has 3 N–H and O–H groups in total. The Kier molecular flexibility index (Phi) is 4.76. The number of rotatable bonds is 6. The van der Waals surface area contributed by atoms with Crippen LogP contribution in [0.15, 0.2) is 36.7 Å². The van der Waals surface area contributed by atoms with Crippen molar-refractivity contribution in [2.45, 2.75) is 26.3 Å². The molecule has 0 atom stereocenters. The first kappa shape index (κ1) is 14.1. The fourth-order valence-corrected chi connectivity index (χ4v) is 1.96. The number of para-hydroxylation sites is 1. The van der Waals surface area contributed by atoms with Crippen LogP contribution in [0.1, 0.15) is 19.8 Å². The van der Waals surface area contributed by atoms with E-state index in [-0.39, 0.29) is 12.5 Å². The lowest BCUT2D eigenvalue weighted by Gasteiger charge is -2.04. The molecule has 0 radical (unpaired) electrons. The summed E-state index contributed by atoms with van der Waals surface area (Å²) in [6.45, 7) is 3.04. The van der Waals surface area contributed by atoms with Crippen molar-refractivity contribution >= 4 is 11.6 Å². The first-order chi connectivity index (χ1) is 9.70. The maximum atomic E-state index is 11.7. The van der Waals surface area contributed by atoms with Crippen molar-refractivity contribution in [3.05, 3.63) is 36.7 Å². The lowest BCUT2D eigenvalue weighted by Crippen LogP contribution is -2.28. The molecule has 0 aliphatic carbocycles. The Morgan fingerprint density at radius 1 is 1.40 bits per heavy atom. The minimum Gasteiger partial charge on any atom is -0.398 e. The number of hydrogen-bond acceptors (Lipinski definition) is 3. The van der Waals surface area contributed by atoms with E-state index in [1.807, 2.05) is 30.5 Å². The topological polar surface area (TPSA) is 72.9 Å². The number of nitrogens with one attached hydrogen (secondary N) is 1. The molecule has 1 amide bonds. The highest BCUT2D eigenvalue weighted by molar-refractivity contribution is 5.77. The van der Waals surface area contributed by atoms with Gasteiger partial charge in [-0.25, -0.2) is 0 Å². The quantitative estimate of drug-likeness (QED) is 0.624. The fourth-order valence-electron chi connectivity index (χ4n) is 1.96. The molecule has 0 fully saturated rings. The summed E-state index contributed by atoms with van der Waals surface area (Å²) in [5, 5.41) is 7.07. The lowest BCUT2D eigenvalue weighted by molar-refractivity contribution is -0.121. The van der Waals surface area contributed by atoms with Gasteiger partial charge in [0, 0.05) is 29.6 Å². The van der Waals surface area contributed by atoms with Crippen LogP contribution >= 0.6 is 0 Å². The first-order valence-electron chi connectivity index (χ1n) is 6.84. The highest BCUT2D eigenvalue weighted by atomic mass is 16.2. The maximum Gasteiger partial charge on any atom is 0.241 e. The molecule has 2 aromatic rings. The Labute approximate surface area is 118 Å². The summed E-state index contributed by atoms with van der Waals surface area (Å²) >= 11 is 0. The van der Waals surface area contributed by atoms with Crippen LogP contribution in [0.2, 0.25) is 0 Å². The SMILES string of the molecule is CCCCNC(=O)Cn1cc(-c2ccccc2N)cn1. The van der Waals surface area contributed by atoms with Gasteiger partial charge in [-0.1, -0.05) is 31.5 Å². The number of carbonyl (C=O) groups excluding carboxylic acids is 1. The number of nitrogen functional groups attached to an aromatic ring is 1. The zero-order valence-corrected chi connectivity index (χ0v) is 11.7. The van der Waals surface area contributed by atoms with Gasteiger partial charge in [0.2, 0.25) is 5.91 Å². The first-order valence-corrected chi connectivity index (χ1v) is 6.84. The molecule has 1 heterocycles. The normalized spacial score (nSPS) is 10.4. The number of carbonyl (C=O) groups is 1. The zero-order chi connectivity index (χ0) is 14.4. The molecule has 0 saturated carbocycles. The van der Waals surface area contributed by atoms with E-state index >= 15 is 0 Å². The van der Waals surface area contributed by atoms with Gasteiger partial charge in [0.05, 0.1) is 6.20 Å². The van der Waals surface area contributed by atoms with Crippen LogP contribution < -0.4 is 11.1 Å². The van der Waals surface area contributed by atoms with Crippen molar-refractivity contribution in [2.24, 2.45) is 0 Å². The molecule has 1 aromatic heterocycles. The van der Waals surface area contributed by atoms with E-state index < -0.39 is 0 Å². The molecule has 0 aliphatic rings. The van der Waals surface area contributed by atoms with Crippen LogP contribution in [-0.4, -0.2) is 22.2 Å². The van der Waals surface area contributed by atoms with Crippen LogP contribution in [0.25, 0.3) is 11.1 Å². The number of nitrogens with zero attached hydrogens (tertiary/aromatic N) is 2. The molecule has 0 unspecified atom stereocenters. The van der Waals surface area contributed by atoms with Crippen LogP contribution in [-0.2, 0) is 11.3 Å². The highest BCUT2D eigenvalue weighted by Gasteiger charge is 2.07. The molecule has 0 saturated heterocycles. The van der Waals surface area contributed by atoms with Crippen molar-refractivity contribution < 1.29 is 4.79 Å². The van der Waals surface area contributed by atoms with E-state index in [0.717, 1.165) is 30.5 Å². The second-order valence-electron chi connectivity index (χ2n) is 4.72. The molecule has 0 bridgehead atoms. The Morgan fingerprint density at radius 3 is 2.95 bits per heavy atom. The summed E-state index contributed by atoms with van der Waals surface area (Å²) in [6, 6.07) is 7.62. The van der Waals surface area contributed by atoms with Crippen LogP contribution in [0.3, 0.4) is 0 Å². The van der Waals surface area contributed by atoms with Gasteiger partial charge in [0.1, 0.15) is 6.54 Å². The van der Waals surface area contributed by atoms with Gasteiger partial charge in [0.25, 0.3) is 0 Å². The summed E-state index contributed by atoms with van der Waals surface area (Å²) in [5.41, 5.74) is 8.49. The van der Waals surface area contributed by atoms with Crippen molar-refractivity contribution in [3.63, 3.8) is 0 Å². The minimum absolute atomic E-state index is 0.0193. The van der Waals surface area contributed by atoms with E-state index in [0.29, 0.717) is 5.69 Å². The number of nitrogens with two attached hydrogens (primary N) is 1. The van der Waals surface area contributed by atoms with Crippen molar-refractivity contribution in [1.82, 2.24) is 15.1 Å². The van der Waals surface area contributed by atoms with Crippen molar-refractivity contribution in [2.75, 3.05) is 12.3 Å². The second kappa shape index (κ2) is 6.75. The number of hydrogen-bond donors (Lipinski definition) is 2. The lowest BCUT2D eigenvalue weighted by atomic mass is 10.1. The number of unbranched alkanes of at least 4 members (excludes halogenated alkanes) is 1. The van der Waals surface area contributed by atoms with Gasteiger partial charge in [-0.2, -0.15) is 5.10 Å². The molecule has 0 spiro atoms. The summed E-state index contributed by atoms with van der Waals surface area (Å²) < 4.78 is 1.63. The van der Waals surface area contributed by atoms with Crippen LogP contribution in [0.4, 0.5) is 5.69 Å². The monoisotopic (exact) mass is 272 g/mol. The summed E-state index contributed by atoms with van der Waals surface area (Å²) in [6.07, 6.45) is 5.63. The molecule has 0 aliphatic heterocycles. The third kappa shape index (κ3) is 3.60. The Balaban J connectivity index is 1.99. The van der Waals surface area contributed by atoms with Crippen molar-refractivity contribution in [1.29, 1.82) is 0 Å². The number of amides is 1. The van der Waals surface area contributed by atoms with Crippen LogP contribution in [0.5, 0.6) is 0 Å². The predicted octanol–water partition coefficient (Wildman–Crippen LogP) is 2.05. The summed E-state index contributed by atoms with van der Waals surface area (Å²) in [7, 11) is 0. The van der Waals surface area contributed by atoms with E-state index in [1.165, 1.54) is 0 Å². The molecular formula is C15H20N4O. The van der Waals surface area contributed by atoms with E-state index in [9.17, 15) is 4.79 Å². The number of benzene rings is 1. The number of aromatic nitrogens is 2. The summed E-state index contributed by atoms with van der Waals surface area (Å²) in [5.74, 6) is -0.0193. The Morgan fingerprint density at radius 2 is 2.20 bits per heavy atom. The third-order valence-corrected chi connectivity index (χ3v) is 3.06. The molecular weight excluding hydrogens is 252 g/mol. The highest BCUT2D eigenvalue weighted by Crippen LogP contribution is 2.24. The number of anilines is 1. The van der Waals surface area contributed by atoms with Gasteiger partial charge in [-0.05, 0) is 12.5 Å². The van der Waals surface area contributed by atoms with Gasteiger partial charge in [-0.3, -0.25) is 9.48 Å². The van der Waals surface area contributed by atoms with Gasteiger partial charge < -0.3 is 11.1 Å². The zero-order valence-electron chi connectivity index (χ0n) is 11.7. The largest absolute Gasteiger partial charge is 0.398 e. The molecule has 106 valence electrons. The third-order valence-electron chi connectivity index (χ3n) is 3.06. The second-order valence-corrected chi connectivity index (χ2v) is 4.72. The van der Waals surface area contributed by atoms with Crippen molar-refractivity contribution in [3.8, 4) is 11.1 Å². The molecule has 5 nitrogen and oxygen atoms in total. The minimum atomic E-state index is -0.0193.